The zero-order chi connectivity index (χ0) is 26.0. The first-order valence-corrected chi connectivity index (χ1v) is 12.5. The van der Waals surface area contributed by atoms with Crippen molar-refractivity contribution in [1.82, 2.24) is 14.9 Å². The maximum atomic E-state index is 12.3. The molecule has 0 spiro atoms. The van der Waals surface area contributed by atoms with E-state index in [9.17, 15) is 18.6 Å². The van der Waals surface area contributed by atoms with Gasteiger partial charge in [-0.25, -0.2) is 15.6 Å². The van der Waals surface area contributed by atoms with Crippen LogP contribution in [0.5, 0.6) is 5.75 Å². The molecule has 1 aliphatic carbocycles. The van der Waals surface area contributed by atoms with Crippen molar-refractivity contribution >= 4 is 29.9 Å². The Balaban J connectivity index is 2.04. The maximum absolute atomic E-state index is 12.3. The predicted octanol–water partition coefficient (Wildman–Crippen LogP) is 3.31. The third-order valence-electron chi connectivity index (χ3n) is 5.93. The number of ether oxygens (including phenoxy) is 2. The van der Waals surface area contributed by atoms with Crippen molar-refractivity contribution in [3.05, 3.63) is 29.2 Å². The largest absolute Gasteiger partial charge is 0.489 e. The van der Waals surface area contributed by atoms with Gasteiger partial charge in [0.2, 0.25) is 0 Å². The van der Waals surface area contributed by atoms with Gasteiger partial charge in [0, 0.05) is 38.5 Å². The monoisotopic (exact) mass is 513 g/mol. The lowest BCUT2D eigenvalue weighted by molar-refractivity contribution is -0.143. The number of carbonyl (C=O) groups excluding carboxylic acids is 1. The van der Waals surface area contributed by atoms with Gasteiger partial charge in [-0.3, -0.25) is 4.79 Å². The zero-order valence-corrected chi connectivity index (χ0v) is 21.4. The number of rotatable bonds is 12. The Kier molecular flexibility index (Phi) is 11.4. The first kappa shape index (κ1) is 28.5. The summed E-state index contributed by atoms with van der Waals surface area (Å²) < 4.78 is 23.5. The van der Waals surface area contributed by atoms with Crippen LogP contribution in [0.4, 0.5) is 8.68 Å². The van der Waals surface area contributed by atoms with Gasteiger partial charge >= 0.3 is 12.1 Å². The van der Waals surface area contributed by atoms with Crippen molar-refractivity contribution in [3.63, 3.8) is 0 Å². The lowest BCUT2D eigenvalue weighted by Crippen LogP contribution is -2.34. The summed E-state index contributed by atoms with van der Waals surface area (Å²) in [6, 6.07) is 3.44. The standard InChI is InChI=1S/C23H36FN5O5S/c1-15-20(34-17-8-6-7-16(13-17)22(30)31)10-9-18(27-15)21(25)19(29(3)26)14-33-23(32)28(2)11-4-5-12-35-24/h9-10,16-17H,4-8,11-14,25-26H2,1-3H3,(H,30,31)/b21-19-. The first-order valence-electron chi connectivity index (χ1n) is 11.6. The number of hydrogen-bond donors (Lipinski definition) is 3. The Hall–Kier alpha value is -2.73. The van der Waals surface area contributed by atoms with Crippen molar-refractivity contribution in [2.24, 2.45) is 17.5 Å². The summed E-state index contributed by atoms with van der Waals surface area (Å²) in [6.45, 7) is 2.08. The molecule has 1 fully saturated rings. The molecule has 1 heterocycles. The van der Waals surface area contributed by atoms with Crippen LogP contribution in [-0.4, -0.2) is 71.2 Å². The highest BCUT2D eigenvalue weighted by atomic mass is 32.2. The highest BCUT2D eigenvalue weighted by Gasteiger charge is 2.28. The van der Waals surface area contributed by atoms with Crippen LogP contribution in [0.25, 0.3) is 5.70 Å². The van der Waals surface area contributed by atoms with Crippen LogP contribution in [0.15, 0.2) is 17.8 Å². The lowest BCUT2D eigenvalue weighted by atomic mass is 9.87. The van der Waals surface area contributed by atoms with Gasteiger partial charge in [-0.05, 0) is 57.6 Å². The van der Waals surface area contributed by atoms with E-state index in [0.29, 0.717) is 60.8 Å². The highest BCUT2D eigenvalue weighted by molar-refractivity contribution is 7.94. The molecule has 0 saturated heterocycles. The minimum Gasteiger partial charge on any atom is -0.489 e. The van der Waals surface area contributed by atoms with Gasteiger partial charge < -0.3 is 30.2 Å². The molecular formula is C23H36FN5O5S. The molecule has 1 aliphatic rings. The number of hydrogen-bond acceptors (Lipinski definition) is 9. The lowest BCUT2D eigenvalue weighted by Gasteiger charge is -2.27. The number of halogens is 1. The summed E-state index contributed by atoms with van der Waals surface area (Å²) in [5.74, 6) is 5.71. The Morgan fingerprint density at radius 1 is 1.29 bits per heavy atom. The van der Waals surface area contributed by atoms with Crippen LogP contribution in [0.1, 0.15) is 49.9 Å². The van der Waals surface area contributed by atoms with Gasteiger partial charge in [-0.1, -0.05) is 0 Å². The predicted molar refractivity (Wildman–Crippen MR) is 133 cm³/mol. The molecular weight excluding hydrogens is 477 g/mol. The van der Waals surface area contributed by atoms with Crippen LogP contribution < -0.4 is 16.3 Å². The molecule has 35 heavy (non-hydrogen) atoms. The summed E-state index contributed by atoms with van der Waals surface area (Å²) in [5.41, 5.74) is 7.99. The van der Waals surface area contributed by atoms with Crippen molar-refractivity contribution in [3.8, 4) is 5.75 Å². The van der Waals surface area contributed by atoms with E-state index < -0.39 is 18.0 Å². The van der Waals surface area contributed by atoms with E-state index >= 15 is 0 Å². The molecule has 10 nitrogen and oxygen atoms in total. The summed E-state index contributed by atoms with van der Waals surface area (Å²) in [4.78, 5) is 29.5. The van der Waals surface area contributed by atoms with Gasteiger partial charge in [0.25, 0.3) is 0 Å². The number of likely N-dealkylation sites (N-methyl/N-ethyl adjacent to an activating group) is 1. The van der Waals surface area contributed by atoms with E-state index in [1.807, 2.05) is 0 Å². The van der Waals surface area contributed by atoms with Gasteiger partial charge in [0.05, 0.1) is 34.8 Å². The Morgan fingerprint density at radius 3 is 2.66 bits per heavy atom. The van der Waals surface area contributed by atoms with E-state index in [1.165, 1.54) is 9.91 Å². The Labute approximate surface area is 210 Å². The number of pyridine rings is 1. The van der Waals surface area contributed by atoms with E-state index in [1.54, 1.807) is 33.2 Å². The number of carboxylic acids is 1. The third-order valence-corrected chi connectivity index (χ3v) is 6.37. The smallest absolute Gasteiger partial charge is 0.409 e. The molecule has 0 aromatic carbocycles. The second-order valence-electron chi connectivity index (χ2n) is 8.69. The number of hydrazine groups is 1. The number of nitrogens with two attached hydrogens (primary N) is 2. The number of carboxylic acid groups (broad SMARTS) is 1. The average molecular weight is 514 g/mol. The maximum Gasteiger partial charge on any atom is 0.409 e. The van der Waals surface area contributed by atoms with Crippen molar-refractivity contribution in [2.75, 3.05) is 33.0 Å². The van der Waals surface area contributed by atoms with Crippen molar-refractivity contribution in [1.29, 1.82) is 0 Å². The second kappa shape index (κ2) is 14.0. The van der Waals surface area contributed by atoms with Crippen molar-refractivity contribution < 1.29 is 28.1 Å². The SMILES string of the molecule is Cc1nc(/C(N)=C(\COC(=O)N(C)CCCCSF)N(C)N)ccc1OC1CCCC(C(=O)O)C1. The van der Waals surface area contributed by atoms with Crippen LogP contribution in [0.3, 0.4) is 0 Å². The number of carbonyl (C=O) groups is 2. The Morgan fingerprint density at radius 2 is 2.03 bits per heavy atom. The van der Waals surface area contributed by atoms with Gasteiger partial charge in [-0.2, -0.15) is 3.89 Å². The van der Waals surface area contributed by atoms with Crippen LogP contribution in [-0.2, 0) is 9.53 Å². The molecule has 0 bridgehead atoms. The quantitative estimate of drug-likeness (QED) is 0.216. The minimum absolute atomic E-state index is 0.153. The van der Waals surface area contributed by atoms with E-state index in [-0.39, 0.29) is 30.6 Å². The molecule has 196 valence electrons. The van der Waals surface area contributed by atoms with Crippen LogP contribution in [0.2, 0.25) is 0 Å². The molecule has 1 amide bonds. The number of aromatic nitrogens is 1. The highest BCUT2D eigenvalue weighted by Crippen LogP contribution is 2.29. The molecule has 1 aromatic rings. The van der Waals surface area contributed by atoms with Gasteiger partial charge in [0.1, 0.15) is 12.4 Å². The molecule has 2 atom stereocenters. The fourth-order valence-electron chi connectivity index (χ4n) is 3.83. The van der Waals surface area contributed by atoms with Crippen LogP contribution >= 0.6 is 12.1 Å². The molecule has 2 unspecified atom stereocenters. The molecule has 5 N–H and O–H groups in total. The van der Waals surface area contributed by atoms with E-state index in [2.05, 4.69) is 4.98 Å². The summed E-state index contributed by atoms with van der Waals surface area (Å²) in [6.07, 6.45) is 3.35. The molecule has 0 radical (unpaired) electrons. The average Bonchev–Trinajstić information content (AvgIpc) is 2.82. The third kappa shape index (κ3) is 8.77. The first-order chi connectivity index (χ1) is 16.6. The summed E-state index contributed by atoms with van der Waals surface area (Å²) in [7, 11) is 3.19. The van der Waals surface area contributed by atoms with E-state index in [0.717, 1.165) is 12.8 Å². The number of unbranched alkanes of at least 4 members (excludes halogenated alkanes) is 1. The second-order valence-corrected chi connectivity index (χ2v) is 9.32. The Bertz CT molecular complexity index is 901. The number of aryl methyl sites for hydroxylation is 1. The van der Waals surface area contributed by atoms with Gasteiger partial charge in [-0.15, -0.1) is 0 Å². The van der Waals surface area contributed by atoms with Crippen LogP contribution in [0, 0.1) is 12.8 Å². The molecule has 1 aromatic heterocycles. The minimum atomic E-state index is -0.789. The van der Waals surface area contributed by atoms with Crippen molar-refractivity contribution in [2.45, 2.75) is 51.6 Å². The fourth-order valence-corrected chi connectivity index (χ4v) is 4.15. The summed E-state index contributed by atoms with van der Waals surface area (Å²) >= 11 is 0.282. The van der Waals surface area contributed by atoms with Gasteiger partial charge in [0.15, 0.2) is 0 Å². The zero-order valence-electron chi connectivity index (χ0n) is 20.5. The fraction of sp³-hybridized carbons (Fsp3) is 0.609. The molecule has 12 heteroatoms. The number of amides is 1. The number of aliphatic carboxylic acids is 1. The topological polar surface area (TPSA) is 144 Å². The molecule has 0 aliphatic heterocycles. The molecule has 2 rings (SSSR count). The van der Waals surface area contributed by atoms with E-state index in [4.69, 9.17) is 21.1 Å². The summed E-state index contributed by atoms with van der Waals surface area (Å²) in [5, 5.41) is 10.6. The number of nitrogens with zero attached hydrogens (tertiary/aromatic N) is 3. The molecule has 1 saturated carbocycles. The normalized spacial score (nSPS) is 18.4.